The summed E-state index contributed by atoms with van der Waals surface area (Å²) in [5.41, 5.74) is 1.45. The van der Waals surface area contributed by atoms with E-state index in [4.69, 9.17) is 4.74 Å². The van der Waals surface area contributed by atoms with Crippen LogP contribution in [0.25, 0.3) is 10.2 Å². The number of nitrogens with zero attached hydrogens (tertiary/aromatic N) is 1. The lowest BCUT2D eigenvalue weighted by Crippen LogP contribution is -2.28. The van der Waals surface area contributed by atoms with Crippen molar-refractivity contribution < 1.29 is 14.3 Å². The molecule has 0 saturated heterocycles. The number of aromatic nitrogens is 2. The van der Waals surface area contributed by atoms with Crippen molar-refractivity contribution in [2.45, 2.75) is 38.7 Å². The number of nitrogens with one attached hydrogen (secondary N) is 3. The number of carbonyl (C=O) groups excluding carboxylic acids is 2. The molecule has 0 radical (unpaired) electrons. The van der Waals surface area contributed by atoms with Gasteiger partial charge in [0.05, 0.1) is 16.4 Å². The highest BCUT2D eigenvalue weighted by atomic mass is 32.2. The normalized spacial score (nSPS) is 11.9. The molecule has 3 rings (SSSR count). The number of aryl methyl sites for hydroxylation is 2. The summed E-state index contributed by atoms with van der Waals surface area (Å²) < 4.78 is 5.40. The number of likely N-dealkylation sites (N-methyl/N-ethyl adjacent to an activating group) is 1. The van der Waals surface area contributed by atoms with E-state index in [0.29, 0.717) is 34.9 Å². The predicted molar refractivity (Wildman–Crippen MR) is 130 cm³/mol. The highest BCUT2D eigenvalue weighted by Crippen LogP contribution is 2.26. The first kappa shape index (κ1) is 23.8. The van der Waals surface area contributed by atoms with Gasteiger partial charge in [0.2, 0.25) is 5.91 Å². The summed E-state index contributed by atoms with van der Waals surface area (Å²) in [7, 11) is 0. The van der Waals surface area contributed by atoms with Gasteiger partial charge < -0.3 is 20.4 Å². The zero-order valence-electron chi connectivity index (χ0n) is 18.4. The van der Waals surface area contributed by atoms with Crippen molar-refractivity contribution in [1.29, 1.82) is 0 Å². The molecule has 0 saturated carbocycles. The second-order valence-electron chi connectivity index (χ2n) is 7.19. The average Bonchev–Trinajstić information content (AvgIpc) is 3.05. The van der Waals surface area contributed by atoms with Gasteiger partial charge in [-0.3, -0.25) is 14.4 Å². The number of hydrogen-bond acceptors (Lipinski definition) is 7. The van der Waals surface area contributed by atoms with E-state index in [1.807, 2.05) is 20.8 Å². The maximum atomic E-state index is 12.5. The van der Waals surface area contributed by atoms with E-state index in [2.05, 4.69) is 20.6 Å². The van der Waals surface area contributed by atoms with Crippen LogP contribution < -0.4 is 20.9 Å². The number of thioether (sulfide) groups is 1. The van der Waals surface area contributed by atoms with E-state index < -0.39 is 0 Å². The number of benzene rings is 1. The van der Waals surface area contributed by atoms with Crippen molar-refractivity contribution in [3.63, 3.8) is 0 Å². The molecule has 3 N–H and O–H groups in total. The Kier molecular flexibility index (Phi) is 7.92. The fraction of sp³-hybridized carbons (Fsp3) is 0.364. The molecule has 0 fully saturated rings. The molecule has 0 bridgehead atoms. The SMILES string of the molecule is CCNC(=O)COc1ccc(NC(=O)C(C)SCc2nc3sc(C)c(C)c3c(=O)[nH]2)cc1. The number of carbonyl (C=O) groups is 2. The first-order chi connectivity index (χ1) is 15.3. The summed E-state index contributed by atoms with van der Waals surface area (Å²) in [5.74, 6) is 1.18. The Hall–Kier alpha value is -2.85. The second-order valence-corrected chi connectivity index (χ2v) is 9.72. The number of aromatic amines is 1. The molecule has 0 aliphatic heterocycles. The molecule has 170 valence electrons. The van der Waals surface area contributed by atoms with Crippen molar-refractivity contribution in [2.75, 3.05) is 18.5 Å². The quantitative estimate of drug-likeness (QED) is 0.438. The smallest absolute Gasteiger partial charge is 0.259 e. The molecular weight excluding hydrogens is 448 g/mol. The van der Waals surface area contributed by atoms with E-state index in [1.54, 1.807) is 31.2 Å². The van der Waals surface area contributed by atoms with Gasteiger partial charge in [0.1, 0.15) is 16.4 Å². The van der Waals surface area contributed by atoms with Crippen molar-refractivity contribution >= 4 is 50.8 Å². The lowest BCUT2D eigenvalue weighted by molar-refractivity contribution is -0.123. The lowest BCUT2D eigenvalue weighted by atomic mass is 10.2. The molecule has 2 heterocycles. The van der Waals surface area contributed by atoms with Gasteiger partial charge in [-0.25, -0.2) is 4.98 Å². The minimum Gasteiger partial charge on any atom is -0.484 e. The van der Waals surface area contributed by atoms with Crippen LogP contribution in [-0.2, 0) is 15.3 Å². The van der Waals surface area contributed by atoms with Gasteiger partial charge in [-0.05, 0) is 57.5 Å². The highest BCUT2D eigenvalue weighted by Gasteiger charge is 2.16. The number of hydrogen-bond donors (Lipinski definition) is 3. The fourth-order valence-corrected chi connectivity index (χ4v) is 4.73. The number of anilines is 1. The molecule has 10 heteroatoms. The standard InChI is InChI=1S/C22H26N4O4S2/c1-5-23-18(27)10-30-16-8-6-15(7-9-16)24-20(28)14(4)31-11-17-25-21(29)19-12(2)13(3)32-22(19)26-17/h6-9,14H,5,10-11H2,1-4H3,(H,23,27)(H,24,28)(H,25,26,29). The minimum atomic E-state index is -0.350. The van der Waals surface area contributed by atoms with Crippen molar-refractivity contribution in [2.24, 2.45) is 0 Å². The first-order valence-electron chi connectivity index (χ1n) is 10.2. The summed E-state index contributed by atoms with van der Waals surface area (Å²) in [6.07, 6.45) is 0. The molecule has 0 spiro atoms. The van der Waals surface area contributed by atoms with Crippen LogP contribution in [0.2, 0.25) is 0 Å². The number of fused-ring (bicyclic) bond motifs is 1. The van der Waals surface area contributed by atoms with Crippen LogP contribution in [0.3, 0.4) is 0 Å². The molecule has 1 aromatic carbocycles. The van der Waals surface area contributed by atoms with Crippen molar-refractivity contribution in [3.05, 3.63) is 50.9 Å². The molecule has 2 aromatic heterocycles. The van der Waals surface area contributed by atoms with Gasteiger partial charge in [-0.1, -0.05) is 0 Å². The van der Waals surface area contributed by atoms with Gasteiger partial charge >= 0.3 is 0 Å². The molecule has 0 aliphatic carbocycles. The number of rotatable bonds is 9. The topological polar surface area (TPSA) is 113 Å². The molecule has 1 atom stereocenters. The van der Waals surface area contributed by atoms with Crippen LogP contribution in [0.1, 0.15) is 30.1 Å². The number of thiophene rings is 1. The number of H-pyrrole nitrogens is 1. The summed E-state index contributed by atoms with van der Waals surface area (Å²) in [5, 5.41) is 5.81. The van der Waals surface area contributed by atoms with Crippen LogP contribution in [0.15, 0.2) is 29.1 Å². The summed E-state index contributed by atoms with van der Waals surface area (Å²) in [6, 6.07) is 6.83. The molecule has 3 aromatic rings. The Morgan fingerprint density at radius 2 is 1.97 bits per heavy atom. The van der Waals surface area contributed by atoms with Gasteiger partial charge in [-0.15, -0.1) is 23.1 Å². The first-order valence-corrected chi connectivity index (χ1v) is 12.1. The van der Waals surface area contributed by atoms with Crippen LogP contribution >= 0.6 is 23.1 Å². The lowest BCUT2D eigenvalue weighted by Gasteiger charge is -2.12. The highest BCUT2D eigenvalue weighted by molar-refractivity contribution is 7.99. The third-order valence-electron chi connectivity index (χ3n) is 4.79. The Morgan fingerprint density at radius 1 is 1.25 bits per heavy atom. The zero-order chi connectivity index (χ0) is 23.3. The molecule has 8 nitrogen and oxygen atoms in total. The Morgan fingerprint density at radius 3 is 2.66 bits per heavy atom. The third kappa shape index (κ3) is 5.89. The van der Waals surface area contributed by atoms with Gasteiger partial charge in [0.25, 0.3) is 11.5 Å². The monoisotopic (exact) mass is 474 g/mol. The summed E-state index contributed by atoms with van der Waals surface area (Å²) >= 11 is 2.90. The Bertz CT molecular complexity index is 1170. The Balaban J connectivity index is 1.53. The van der Waals surface area contributed by atoms with Crippen molar-refractivity contribution in [3.8, 4) is 5.75 Å². The minimum absolute atomic E-state index is 0.0558. The predicted octanol–water partition coefficient (Wildman–Crippen LogP) is 3.38. The fourth-order valence-electron chi connectivity index (χ4n) is 2.92. The van der Waals surface area contributed by atoms with Gasteiger partial charge in [-0.2, -0.15) is 0 Å². The van der Waals surface area contributed by atoms with Crippen LogP contribution in [0, 0.1) is 13.8 Å². The van der Waals surface area contributed by atoms with Gasteiger partial charge in [0.15, 0.2) is 6.61 Å². The van der Waals surface area contributed by atoms with E-state index in [9.17, 15) is 14.4 Å². The largest absolute Gasteiger partial charge is 0.484 e. The Labute approximate surface area is 194 Å². The molecule has 0 aliphatic rings. The summed E-state index contributed by atoms with van der Waals surface area (Å²) in [6.45, 7) is 8.04. The van der Waals surface area contributed by atoms with E-state index >= 15 is 0 Å². The number of ether oxygens (including phenoxy) is 1. The van der Waals surface area contributed by atoms with Crippen molar-refractivity contribution in [1.82, 2.24) is 15.3 Å². The molecule has 1 unspecified atom stereocenters. The van der Waals surface area contributed by atoms with E-state index in [-0.39, 0.29) is 29.2 Å². The van der Waals surface area contributed by atoms with Crippen LogP contribution in [0.4, 0.5) is 5.69 Å². The molecular formula is C22H26N4O4S2. The van der Waals surface area contributed by atoms with Crippen LogP contribution in [-0.4, -0.2) is 40.2 Å². The van der Waals surface area contributed by atoms with E-state index in [1.165, 1.54) is 23.1 Å². The van der Waals surface area contributed by atoms with Crippen LogP contribution in [0.5, 0.6) is 5.75 Å². The number of amides is 2. The third-order valence-corrected chi connectivity index (χ3v) is 7.05. The maximum Gasteiger partial charge on any atom is 0.259 e. The van der Waals surface area contributed by atoms with Gasteiger partial charge in [0, 0.05) is 17.1 Å². The molecule has 2 amide bonds. The second kappa shape index (κ2) is 10.6. The zero-order valence-corrected chi connectivity index (χ0v) is 20.0. The van der Waals surface area contributed by atoms with E-state index in [0.717, 1.165) is 15.3 Å². The summed E-state index contributed by atoms with van der Waals surface area (Å²) in [4.78, 5) is 45.5. The average molecular weight is 475 g/mol. The molecule has 32 heavy (non-hydrogen) atoms. The maximum absolute atomic E-state index is 12.5.